The van der Waals surface area contributed by atoms with Gasteiger partial charge in [0.15, 0.2) is 0 Å². The highest BCUT2D eigenvalue weighted by molar-refractivity contribution is 6.14. The van der Waals surface area contributed by atoms with Crippen LogP contribution in [0.25, 0.3) is 10.9 Å². The van der Waals surface area contributed by atoms with Gasteiger partial charge in [0.25, 0.3) is 5.91 Å². The number of nitrogens with one attached hydrogen (secondary N) is 1. The topological polar surface area (TPSA) is 61.7 Å². The van der Waals surface area contributed by atoms with Crippen LogP contribution in [0.15, 0.2) is 42.5 Å². The number of hydrogen-bond donors (Lipinski definition) is 1. The highest BCUT2D eigenvalue weighted by Gasteiger charge is 2.21. The number of amides is 1. The summed E-state index contributed by atoms with van der Waals surface area (Å²) in [5.41, 5.74) is 3.25. The van der Waals surface area contributed by atoms with E-state index in [2.05, 4.69) is 16.8 Å². The van der Waals surface area contributed by atoms with Crippen LogP contribution in [-0.4, -0.2) is 37.9 Å². The molecule has 6 nitrogen and oxygen atoms in total. The number of para-hydroxylation sites is 2. The second-order valence-corrected chi connectivity index (χ2v) is 6.79. The zero-order valence-electron chi connectivity index (χ0n) is 17.5. The normalized spacial score (nSPS) is 10.9. The molecule has 1 N–H and O–H groups in total. The fourth-order valence-electron chi connectivity index (χ4n) is 3.50. The number of benzene rings is 2. The van der Waals surface area contributed by atoms with Crippen LogP contribution >= 0.6 is 0 Å². The number of anilines is 1. The number of nitrogens with zero attached hydrogens (tertiary/aromatic N) is 1. The quantitative estimate of drug-likeness (QED) is 0.535. The maximum Gasteiger partial charge on any atom is 0.258 e. The van der Waals surface area contributed by atoms with Crippen molar-refractivity contribution < 1.29 is 19.0 Å². The van der Waals surface area contributed by atoms with Gasteiger partial charge >= 0.3 is 0 Å². The van der Waals surface area contributed by atoms with Gasteiger partial charge in [-0.1, -0.05) is 19.1 Å². The lowest BCUT2D eigenvalue weighted by atomic mass is 10.1. The summed E-state index contributed by atoms with van der Waals surface area (Å²) in [4.78, 5) is 13.3. The Morgan fingerprint density at radius 1 is 1.10 bits per heavy atom. The van der Waals surface area contributed by atoms with Crippen LogP contribution in [-0.2, 0) is 11.3 Å². The smallest absolute Gasteiger partial charge is 0.258 e. The lowest BCUT2D eigenvalue weighted by Gasteiger charge is -2.12. The first-order chi connectivity index (χ1) is 14.1. The largest absolute Gasteiger partial charge is 0.497 e. The Bertz CT molecular complexity index is 994. The van der Waals surface area contributed by atoms with Gasteiger partial charge in [-0.3, -0.25) is 4.79 Å². The second-order valence-electron chi connectivity index (χ2n) is 6.79. The van der Waals surface area contributed by atoms with Crippen molar-refractivity contribution in [3.8, 4) is 11.5 Å². The average Bonchev–Trinajstić information content (AvgIpc) is 3.00. The summed E-state index contributed by atoms with van der Waals surface area (Å²) in [6.07, 6.45) is 0.980. The molecule has 29 heavy (non-hydrogen) atoms. The summed E-state index contributed by atoms with van der Waals surface area (Å²) >= 11 is 0. The molecule has 0 spiro atoms. The van der Waals surface area contributed by atoms with E-state index in [9.17, 15) is 4.79 Å². The summed E-state index contributed by atoms with van der Waals surface area (Å²) in [6.45, 7) is 5.85. The van der Waals surface area contributed by atoms with Gasteiger partial charge < -0.3 is 24.1 Å². The molecule has 0 bridgehead atoms. The van der Waals surface area contributed by atoms with Gasteiger partial charge in [-0.15, -0.1) is 0 Å². The molecule has 0 atom stereocenters. The molecule has 0 aliphatic carbocycles. The Hall–Kier alpha value is -2.99. The van der Waals surface area contributed by atoms with Crippen LogP contribution in [0.1, 0.15) is 29.4 Å². The van der Waals surface area contributed by atoms with E-state index in [1.54, 1.807) is 14.2 Å². The number of methoxy groups -OCH3 is 2. The second kappa shape index (κ2) is 9.47. The minimum Gasteiger partial charge on any atom is -0.497 e. The highest BCUT2D eigenvalue weighted by Crippen LogP contribution is 2.31. The van der Waals surface area contributed by atoms with Crippen molar-refractivity contribution >= 4 is 22.5 Å². The number of carbonyl (C=O) groups is 1. The van der Waals surface area contributed by atoms with Crippen molar-refractivity contribution in [2.45, 2.75) is 26.8 Å². The average molecular weight is 396 g/mol. The molecule has 1 aromatic heterocycles. The van der Waals surface area contributed by atoms with Gasteiger partial charge in [-0.25, -0.2) is 0 Å². The number of aromatic nitrogens is 1. The third kappa shape index (κ3) is 4.38. The SMILES string of the molecule is CCCn1c(C)c(C(=O)Nc2ccccc2OCCOC)c2cc(OC)ccc21. The Labute approximate surface area is 171 Å². The van der Waals surface area contributed by atoms with Crippen molar-refractivity contribution in [3.05, 3.63) is 53.7 Å². The number of rotatable bonds is 9. The first-order valence-electron chi connectivity index (χ1n) is 9.79. The molecule has 2 aromatic carbocycles. The van der Waals surface area contributed by atoms with Crippen molar-refractivity contribution in [2.24, 2.45) is 0 Å². The first-order valence-corrected chi connectivity index (χ1v) is 9.79. The molecule has 0 radical (unpaired) electrons. The molecular weight excluding hydrogens is 368 g/mol. The van der Waals surface area contributed by atoms with E-state index in [1.165, 1.54) is 0 Å². The molecule has 1 amide bonds. The maximum absolute atomic E-state index is 13.3. The van der Waals surface area contributed by atoms with Gasteiger partial charge in [-0.05, 0) is 43.7 Å². The fourth-order valence-corrected chi connectivity index (χ4v) is 3.50. The molecule has 0 aliphatic heterocycles. The van der Waals surface area contributed by atoms with E-state index >= 15 is 0 Å². The van der Waals surface area contributed by atoms with E-state index in [1.807, 2.05) is 49.4 Å². The van der Waals surface area contributed by atoms with Gasteiger partial charge in [0, 0.05) is 30.3 Å². The van der Waals surface area contributed by atoms with Crippen LogP contribution in [0, 0.1) is 6.92 Å². The Morgan fingerprint density at radius 3 is 2.62 bits per heavy atom. The Kier molecular flexibility index (Phi) is 6.77. The molecule has 0 fully saturated rings. The fraction of sp³-hybridized carbons (Fsp3) is 0.348. The Morgan fingerprint density at radius 2 is 1.90 bits per heavy atom. The van der Waals surface area contributed by atoms with Crippen molar-refractivity contribution in [3.63, 3.8) is 0 Å². The lowest BCUT2D eigenvalue weighted by molar-refractivity contribution is 0.102. The molecule has 6 heteroatoms. The molecular formula is C23H28N2O4. The van der Waals surface area contributed by atoms with E-state index in [0.29, 0.717) is 30.2 Å². The molecule has 0 aliphatic rings. The first kappa shape index (κ1) is 20.7. The van der Waals surface area contributed by atoms with Gasteiger partial charge in [0.1, 0.15) is 18.1 Å². The van der Waals surface area contributed by atoms with Crippen LogP contribution < -0.4 is 14.8 Å². The summed E-state index contributed by atoms with van der Waals surface area (Å²) in [6, 6.07) is 13.3. The summed E-state index contributed by atoms with van der Waals surface area (Å²) in [7, 11) is 3.25. The van der Waals surface area contributed by atoms with E-state index < -0.39 is 0 Å². The third-order valence-electron chi connectivity index (χ3n) is 4.89. The minimum atomic E-state index is -0.168. The molecule has 0 saturated carbocycles. The maximum atomic E-state index is 13.3. The lowest BCUT2D eigenvalue weighted by Crippen LogP contribution is -2.15. The van der Waals surface area contributed by atoms with Crippen LogP contribution in [0.4, 0.5) is 5.69 Å². The minimum absolute atomic E-state index is 0.168. The van der Waals surface area contributed by atoms with E-state index in [4.69, 9.17) is 14.2 Å². The van der Waals surface area contributed by atoms with Crippen LogP contribution in [0.2, 0.25) is 0 Å². The molecule has 0 saturated heterocycles. The van der Waals surface area contributed by atoms with Gasteiger partial charge in [0.05, 0.1) is 25.0 Å². The molecule has 154 valence electrons. The zero-order chi connectivity index (χ0) is 20.8. The number of ether oxygens (including phenoxy) is 3. The predicted molar refractivity (Wildman–Crippen MR) is 115 cm³/mol. The van der Waals surface area contributed by atoms with Crippen molar-refractivity contribution in [1.82, 2.24) is 4.57 Å². The number of fused-ring (bicyclic) bond motifs is 1. The summed E-state index contributed by atoms with van der Waals surface area (Å²) in [5.74, 6) is 1.17. The van der Waals surface area contributed by atoms with Gasteiger partial charge in [-0.2, -0.15) is 0 Å². The predicted octanol–water partition coefficient (Wildman–Crippen LogP) is 4.65. The standard InChI is InChI=1S/C23H28N2O4/c1-5-12-25-16(2)22(18-15-17(28-4)10-11-20(18)25)23(26)24-19-8-6-7-9-21(19)29-14-13-27-3/h6-11,15H,5,12-14H2,1-4H3,(H,24,26). The molecule has 3 rings (SSSR count). The van der Waals surface area contributed by atoms with Crippen molar-refractivity contribution in [1.29, 1.82) is 0 Å². The third-order valence-corrected chi connectivity index (χ3v) is 4.89. The number of aryl methyl sites for hydroxylation is 1. The zero-order valence-corrected chi connectivity index (χ0v) is 17.5. The summed E-state index contributed by atoms with van der Waals surface area (Å²) in [5, 5.41) is 3.90. The van der Waals surface area contributed by atoms with E-state index in [-0.39, 0.29) is 5.91 Å². The van der Waals surface area contributed by atoms with Gasteiger partial charge in [0.2, 0.25) is 0 Å². The van der Waals surface area contributed by atoms with E-state index in [0.717, 1.165) is 35.3 Å². The van der Waals surface area contributed by atoms with Crippen LogP contribution in [0.5, 0.6) is 11.5 Å². The Balaban J connectivity index is 1.98. The highest BCUT2D eigenvalue weighted by atomic mass is 16.5. The molecule has 1 heterocycles. The number of carbonyl (C=O) groups excluding carboxylic acids is 1. The monoisotopic (exact) mass is 396 g/mol. The van der Waals surface area contributed by atoms with Crippen molar-refractivity contribution in [2.75, 3.05) is 32.8 Å². The summed E-state index contributed by atoms with van der Waals surface area (Å²) < 4.78 is 18.4. The number of hydrogen-bond acceptors (Lipinski definition) is 4. The molecule has 0 unspecified atom stereocenters. The van der Waals surface area contributed by atoms with Crippen LogP contribution in [0.3, 0.4) is 0 Å². The molecule has 3 aromatic rings.